The number of carboxylic acids is 1. The van der Waals surface area contributed by atoms with Crippen LogP contribution in [0.15, 0.2) is 53.5 Å². The predicted molar refractivity (Wildman–Crippen MR) is 84.7 cm³/mol. The lowest BCUT2D eigenvalue weighted by molar-refractivity contribution is -0.139. The number of carboxylic acid groups (broad SMARTS) is 1. The molecule has 1 atom stereocenters. The Bertz CT molecular complexity index is 826. The third kappa shape index (κ3) is 4.07. The highest BCUT2D eigenvalue weighted by molar-refractivity contribution is 5.98. The Balaban J connectivity index is 2.17. The number of hydrogen-bond donors (Lipinski definition) is 3. The Morgan fingerprint density at radius 3 is 2.33 bits per heavy atom. The molecule has 2 rings (SSSR count). The first-order valence-electron chi connectivity index (χ1n) is 6.98. The normalized spacial score (nSPS) is 11.5. The predicted octanol–water partition coefficient (Wildman–Crippen LogP) is -0.104. The zero-order valence-corrected chi connectivity index (χ0v) is 12.5. The maximum absolute atomic E-state index is 12.1. The highest BCUT2D eigenvalue weighted by Crippen LogP contribution is 2.08. The van der Waals surface area contributed by atoms with Crippen LogP contribution in [0.3, 0.4) is 0 Å². The molecular formula is C16H15N3O5. The van der Waals surface area contributed by atoms with Crippen LogP contribution in [-0.2, 0) is 9.59 Å². The van der Waals surface area contributed by atoms with E-state index in [0.717, 1.165) is 0 Å². The van der Waals surface area contributed by atoms with E-state index in [2.05, 4.69) is 5.32 Å². The largest absolute Gasteiger partial charge is 0.481 e. The number of nitrogens with one attached hydrogen (secondary N) is 1. The molecule has 0 spiro atoms. The summed E-state index contributed by atoms with van der Waals surface area (Å²) in [5.74, 6) is -2.82. The highest BCUT2D eigenvalue weighted by Gasteiger charge is 2.21. The van der Waals surface area contributed by atoms with Crippen molar-refractivity contribution < 1.29 is 19.5 Å². The van der Waals surface area contributed by atoms with Gasteiger partial charge in [-0.2, -0.15) is 0 Å². The Kier molecular flexibility index (Phi) is 5.10. The second-order valence-electron chi connectivity index (χ2n) is 4.98. The fourth-order valence-corrected chi connectivity index (χ4v) is 2.05. The standard InChI is InChI=1S/C16H15N3O5/c17-15(23)12(9-14(21)22)18-16(24)10-4-6-11(7-5-10)19-8-2-1-3-13(19)20/h1-8,12H,9H2,(H2,17,23)(H,18,24)(H,21,22)/t12-/m0/s1. The van der Waals surface area contributed by atoms with Crippen molar-refractivity contribution >= 4 is 17.8 Å². The minimum atomic E-state index is -1.30. The molecule has 0 unspecified atom stereocenters. The molecule has 0 saturated carbocycles. The first-order valence-corrected chi connectivity index (χ1v) is 6.98. The number of aliphatic carboxylic acids is 1. The summed E-state index contributed by atoms with van der Waals surface area (Å²) < 4.78 is 1.40. The van der Waals surface area contributed by atoms with Gasteiger partial charge in [0, 0.05) is 23.5 Å². The van der Waals surface area contributed by atoms with E-state index < -0.39 is 30.2 Å². The monoisotopic (exact) mass is 329 g/mol. The van der Waals surface area contributed by atoms with Gasteiger partial charge in [0.25, 0.3) is 11.5 Å². The molecule has 124 valence electrons. The van der Waals surface area contributed by atoms with E-state index in [1.807, 2.05) is 0 Å². The summed E-state index contributed by atoms with van der Waals surface area (Å²) in [5.41, 5.74) is 5.63. The maximum Gasteiger partial charge on any atom is 0.305 e. The van der Waals surface area contributed by atoms with E-state index >= 15 is 0 Å². The number of nitrogens with two attached hydrogens (primary N) is 1. The molecule has 2 amide bonds. The van der Waals surface area contributed by atoms with Crippen LogP contribution < -0.4 is 16.6 Å². The number of hydrogen-bond acceptors (Lipinski definition) is 4. The molecule has 24 heavy (non-hydrogen) atoms. The fourth-order valence-electron chi connectivity index (χ4n) is 2.05. The maximum atomic E-state index is 12.1. The minimum Gasteiger partial charge on any atom is -0.481 e. The van der Waals surface area contributed by atoms with Gasteiger partial charge in [-0.3, -0.25) is 23.7 Å². The molecule has 4 N–H and O–H groups in total. The highest BCUT2D eigenvalue weighted by atomic mass is 16.4. The van der Waals surface area contributed by atoms with E-state index in [-0.39, 0.29) is 11.1 Å². The summed E-state index contributed by atoms with van der Waals surface area (Å²) in [4.78, 5) is 45.7. The Morgan fingerprint density at radius 2 is 1.79 bits per heavy atom. The molecule has 0 aliphatic heterocycles. The molecule has 0 aliphatic carbocycles. The quantitative estimate of drug-likeness (QED) is 0.681. The number of aromatic nitrogens is 1. The third-order valence-electron chi connectivity index (χ3n) is 3.26. The van der Waals surface area contributed by atoms with Crippen molar-refractivity contribution in [1.29, 1.82) is 0 Å². The number of pyridine rings is 1. The Labute approximate surface area is 136 Å². The summed E-state index contributed by atoms with van der Waals surface area (Å²) in [6.45, 7) is 0. The van der Waals surface area contributed by atoms with E-state index in [0.29, 0.717) is 5.69 Å². The average molecular weight is 329 g/mol. The van der Waals surface area contributed by atoms with Crippen molar-refractivity contribution in [1.82, 2.24) is 9.88 Å². The van der Waals surface area contributed by atoms with Gasteiger partial charge in [0.05, 0.1) is 6.42 Å². The van der Waals surface area contributed by atoms with Crippen LogP contribution in [0, 0.1) is 0 Å². The number of nitrogens with zero attached hydrogens (tertiary/aromatic N) is 1. The summed E-state index contributed by atoms with van der Waals surface area (Å²) in [5, 5.41) is 11.0. The second-order valence-corrected chi connectivity index (χ2v) is 4.98. The van der Waals surface area contributed by atoms with E-state index in [4.69, 9.17) is 10.8 Å². The summed E-state index contributed by atoms with van der Waals surface area (Å²) >= 11 is 0. The number of rotatable bonds is 6. The van der Waals surface area contributed by atoms with E-state index in [1.165, 1.54) is 22.8 Å². The van der Waals surface area contributed by atoms with Gasteiger partial charge in [-0.05, 0) is 30.3 Å². The van der Waals surface area contributed by atoms with Crippen molar-refractivity contribution in [2.75, 3.05) is 0 Å². The van der Waals surface area contributed by atoms with Gasteiger partial charge in [0.1, 0.15) is 6.04 Å². The first kappa shape index (κ1) is 16.9. The molecule has 0 radical (unpaired) electrons. The van der Waals surface area contributed by atoms with Gasteiger partial charge in [-0.15, -0.1) is 0 Å². The molecule has 0 aliphatic rings. The lowest BCUT2D eigenvalue weighted by Crippen LogP contribution is -2.45. The number of primary amides is 1. The van der Waals surface area contributed by atoms with Crippen molar-refractivity contribution in [3.05, 3.63) is 64.6 Å². The lowest BCUT2D eigenvalue weighted by Gasteiger charge is -2.13. The topological polar surface area (TPSA) is 131 Å². The van der Waals surface area contributed by atoms with Crippen molar-refractivity contribution in [2.24, 2.45) is 5.73 Å². The van der Waals surface area contributed by atoms with Crippen LogP contribution in [0.5, 0.6) is 0 Å². The molecule has 1 heterocycles. The molecule has 8 heteroatoms. The minimum absolute atomic E-state index is 0.208. The third-order valence-corrected chi connectivity index (χ3v) is 3.26. The number of carbonyl (C=O) groups excluding carboxylic acids is 2. The Morgan fingerprint density at radius 1 is 1.12 bits per heavy atom. The van der Waals surface area contributed by atoms with Crippen LogP contribution in [0.4, 0.5) is 0 Å². The number of benzene rings is 1. The Hall–Kier alpha value is -3.42. The lowest BCUT2D eigenvalue weighted by atomic mass is 10.1. The molecule has 0 saturated heterocycles. The van der Waals surface area contributed by atoms with Crippen molar-refractivity contribution in [3.63, 3.8) is 0 Å². The molecule has 1 aromatic heterocycles. The van der Waals surface area contributed by atoms with Gasteiger partial charge in [-0.25, -0.2) is 0 Å². The van der Waals surface area contributed by atoms with Crippen LogP contribution >= 0.6 is 0 Å². The summed E-state index contributed by atoms with van der Waals surface area (Å²) in [7, 11) is 0. The van der Waals surface area contributed by atoms with Crippen LogP contribution in [-0.4, -0.2) is 33.5 Å². The van der Waals surface area contributed by atoms with Gasteiger partial charge in [-0.1, -0.05) is 6.07 Å². The number of carbonyl (C=O) groups is 3. The molecular weight excluding hydrogens is 314 g/mol. The molecule has 0 bridgehead atoms. The first-order chi connectivity index (χ1) is 11.4. The number of amides is 2. The zero-order valence-electron chi connectivity index (χ0n) is 12.5. The average Bonchev–Trinajstić information content (AvgIpc) is 2.54. The van der Waals surface area contributed by atoms with Gasteiger partial charge < -0.3 is 16.2 Å². The molecule has 1 aromatic carbocycles. The summed E-state index contributed by atoms with van der Waals surface area (Å²) in [6, 6.07) is 9.47. The summed E-state index contributed by atoms with van der Waals surface area (Å²) in [6.07, 6.45) is 0.992. The van der Waals surface area contributed by atoms with Crippen LogP contribution in [0.1, 0.15) is 16.8 Å². The van der Waals surface area contributed by atoms with Crippen LogP contribution in [0.25, 0.3) is 5.69 Å². The molecule has 8 nitrogen and oxygen atoms in total. The second kappa shape index (κ2) is 7.23. The van der Waals surface area contributed by atoms with Gasteiger partial charge in [0.2, 0.25) is 5.91 Å². The SMILES string of the molecule is NC(=O)[C@H](CC(=O)O)NC(=O)c1ccc(-n2ccccc2=O)cc1. The zero-order chi connectivity index (χ0) is 17.7. The van der Waals surface area contributed by atoms with Crippen molar-refractivity contribution in [3.8, 4) is 5.69 Å². The molecule has 2 aromatic rings. The smallest absolute Gasteiger partial charge is 0.305 e. The van der Waals surface area contributed by atoms with Gasteiger partial charge in [0.15, 0.2) is 0 Å². The fraction of sp³-hybridized carbons (Fsp3) is 0.125. The van der Waals surface area contributed by atoms with Gasteiger partial charge >= 0.3 is 5.97 Å². The van der Waals surface area contributed by atoms with E-state index in [9.17, 15) is 19.2 Å². The van der Waals surface area contributed by atoms with Crippen molar-refractivity contribution in [2.45, 2.75) is 12.5 Å². The van der Waals surface area contributed by atoms with Crippen LogP contribution in [0.2, 0.25) is 0 Å². The van der Waals surface area contributed by atoms with E-state index in [1.54, 1.807) is 30.5 Å². The molecule has 0 fully saturated rings.